The third-order valence-corrected chi connectivity index (χ3v) is 5.00. The molecule has 126 valence electrons. The van der Waals surface area contributed by atoms with Gasteiger partial charge >= 0.3 is 51.4 Å². The molecule has 0 bridgehead atoms. The van der Waals surface area contributed by atoms with Crippen LogP contribution >= 0.6 is 0 Å². The maximum Gasteiger partial charge on any atom is 1.00 e. The van der Waals surface area contributed by atoms with Crippen LogP contribution in [-0.2, 0) is 16.5 Å². The molecule has 0 fully saturated rings. The Morgan fingerprint density at radius 3 is 1.83 bits per heavy atom. The fourth-order valence-corrected chi connectivity index (χ4v) is 3.52. The second kappa shape index (κ2) is 14.0. The average Bonchev–Trinajstić information content (AvgIpc) is 2.48. The van der Waals surface area contributed by atoms with Crippen LogP contribution < -0.4 is 51.4 Å². The van der Waals surface area contributed by atoms with Crippen LogP contribution in [-0.4, -0.2) is 13.0 Å². The van der Waals surface area contributed by atoms with Crippen molar-refractivity contribution in [2.45, 2.75) is 82.4 Å². The minimum Gasteiger partial charge on any atom is -0.282 e. The van der Waals surface area contributed by atoms with Gasteiger partial charge in [0.1, 0.15) is 0 Å². The smallest absolute Gasteiger partial charge is 0.282 e. The molecule has 0 aromatic heterocycles. The van der Waals surface area contributed by atoms with Crippen LogP contribution in [0, 0.1) is 0 Å². The molecule has 1 rings (SSSR count). The summed E-state index contributed by atoms with van der Waals surface area (Å²) in [6.45, 7) is 2.24. The Morgan fingerprint density at radius 1 is 0.826 bits per heavy atom. The van der Waals surface area contributed by atoms with Crippen molar-refractivity contribution in [2.75, 3.05) is 0 Å². The summed E-state index contributed by atoms with van der Waals surface area (Å²) in [6.07, 6.45) is 13.3. The Hall–Kier alpha value is 0.766. The second-order valence-electron chi connectivity index (χ2n) is 6.01. The normalized spacial score (nSPS) is 11.2. The van der Waals surface area contributed by atoms with Crippen molar-refractivity contribution in [3.8, 4) is 0 Å². The first-order valence-electron chi connectivity index (χ1n) is 8.61. The quantitative estimate of drug-likeness (QED) is 0.351. The first-order valence-corrected chi connectivity index (χ1v) is 10.0. The van der Waals surface area contributed by atoms with Crippen LogP contribution in [0.4, 0.5) is 0 Å². The summed E-state index contributed by atoms with van der Waals surface area (Å²) in [7, 11) is -4.10. The van der Waals surface area contributed by atoms with Gasteiger partial charge in [0.15, 0.2) is 0 Å². The zero-order valence-electron chi connectivity index (χ0n) is 14.8. The minimum absolute atomic E-state index is 0. The molecule has 23 heavy (non-hydrogen) atoms. The molecule has 0 spiro atoms. The summed E-state index contributed by atoms with van der Waals surface area (Å²) >= 11 is 0. The maximum atomic E-state index is 11.3. The van der Waals surface area contributed by atoms with E-state index in [1.54, 1.807) is 12.1 Å². The summed E-state index contributed by atoms with van der Waals surface area (Å²) in [4.78, 5) is 0.0610. The molecule has 3 nitrogen and oxygen atoms in total. The van der Waals surface area contributed by atoms with Gasteiger partial charge in [0, 0.05) is 0 Å². The Morgan fingerprint density at radius 2 is 1.30 bits per heavy atom. The van der Waals surface area contributed by atoms with Gasteiger partial charge < -0.3 is 0 Å². The molecule has 0 amide bonds. The van der Waals surface area contributed by atoms with E-state index in [0.29, 0.717) is 6.42 Å². The summed E-state index contributed by atoms with van der Waals surface area (Å²) < 4.78 is 31.8. The van der Waals surface area contributed by atoms with Crippen LogP contribution in [0.1, 0.15) is 76.7 Å². The average molecular weight is 366 g/mol. The van der Waals surface area contributed by atoms with Crippen LogP contribution in [0.3, 0.4) is 0 Å². The van der Waals surface area contributed by atoms with E-state index in [1.807, 2.05) is 6.07 Å². The summed E-state index contributed by atoms with van der Waals surface area (Å²) in [5.41, 5.74) is 0.726. The number of unbranched alkanes of at least 4 members (excludes halogenated alkanes) is 9. The van der Waals surface area contributed by atoms with Gasteiger partial charge in [0.25, 0.3) is 10.1 Å². The molecule has 0 aliphatic heterocycles. The number of hydrogen-bond donors (Lipinski definition) is 1. The van der Waals surface area contributed by atoms with Crippen LogP contribution in [0.5, 0.6) is 0 Å². The molecule has 0 aliphatic carbocycles. The molecule has 0 unspecified atom stereocenters. The molecular weight excluding hydrogens is 335 g/mol. The topological polar surface area (TPSA) is 54.4 Å². The number of benzene rings is 1. The minimum atomic E-state index is -4.10. The van der Waals surface area contributed by atoms with Gasteiger partial charge in [0.2, 0.25) is 0 Å². The van der Waals surface area contributed by atoms with Crippen molar-refractivity contribution < 1.29 is 64.4 Å². The van der Waals surface area contributed by atoms with E-state index in [9.17, 15) is 13.0 Å². The van der Waals surface area contributed by atoms with Crippen molar-refractivity contribution in [3.05, 3.63) is 29.8 Å². The molecular formula is C18H30KO3S+. The van der Waals surface area contributed by atoms with Crippen molar-refractivity contribution in [1.82, 2.24) is 0 Å². The van der Waals surface area contributed by atoms with Gasteiger partial charge in [0.05, 0.1) is 4.90 Å². The zero-order chi connectivity index (χ0) is 16.3. The monoisotopic (exact) mass is 365 g/mol. The number of rotatable bonds is 12. The third-order valence-electron chi connectivity index (χ3n) is 4.05. The standard InChI is InChI=1S/C18H30O3S.K/c1-2-3-4-5-6-7-8-9-10-11-14-17-15-12-13-16-18(17)22(19,20)21;/h12-13,15-16H,2-11,14H2,1H3,(H,19,20,21);/q;+1. The van der Waals surface area contributed by atoms with E-state index in [0.717, 1.165) is 18.4 Å². The molecule has 1 N–H and O–H groups in total. The van der Waals surface area contributed by atoms with E-state index < -0.39 is 10.1 Å². The van der Waals surface area contributed by atoms with E-state index in [1.165, 1.54) is 57.4 Å². The van der Waals surface area contributed by atoms with Gasteiger partial charge in [-0.15, -0.1) is 0 Å². The maximum absolute atomic E-state index is 11.3. The third kappa shape index (κ3) is 11.1. The Labute approximate surface area is 184 Å². The summed E-state index contributed by atoms with van der Waals surface area (Å²) in [6, 6.07) is 6.73. The van der Waals surface area contributed by atoms with Crippen molar-refractivity contribution in [1.29, 1.82) is 0 Å². The van der Waals surface area contributed by atoms with Crippen molar-refractivity contribution in [2.24, 2.45) is 0 Å². The predicted octanol–water partition coefficient (Wildman–Crippen LogP) is 2.40. The zero-order valence-corrected chi connectivity index (χ0v) is 18.7. The molecule has 0 heterocycles. The van der Waals surface area contributed by atoms with Gasteiger partial charge in [-0.3, -0.25) is 4.55 Å². The van der Waals surface area contributed by atoms with E-state index in [-0.39, 0.29) is 56.3 Å². The fourth-order valence-electron chi connectivity index (χ4n) is 2.76. The molecule has 0 saturated carbocycles. The predicted molar refractivity (Wildman–Crippen MR) is 91.8 cm³/mol. The summed E-state index contributed by atoms with van der Waals surface area (Å²) in [5.74, 6) is 0. The molecule has 0 radical (unpaired) electrons. The molecule has 0 saturated heterocycles. The first-order chi connectivity index (χ1) is 10.6. The fraction of sp³-hybridized carbons (Fsp3) is 0.667. The van der Waals surface area contributed by atoms with E-state index in [4.69, 9.17) is 0 Å². The second-order valence-corrected chi connectivity index (χ2v) is 7.40. The van der Waals surface area contributed by atoms with E-state index >= 15 is 0 Å². The molecule has 1 aromatic rings. The van der Waals surface area contributed by atoms with Crippen LogP contribution in [0.25, 0.3) is 0 Å². The molecule has 1 aromatic carbocycles. The SMILES string of the molecule is CCCCCCCCCCCCc1ccccc1S(=O)(=O)O.[K+]. The first kappa shape index (κ1) is 23.8. The van der Waals surface area contributed by atoms with Gasteiger partial charge in [-0.2, -0.15) is 8.42 Å². The van der Waals surface area contributed by atoms with Crippen LogP contribution in [0.15, 0.2) is 29.2 Å². The molecule has 5 heteroatoms. The Balaban J connectivity index is 0.00000484. The Bertz CT molecular complexity index is 515. The van der Waals surface area contributed by atoms with Gasteiger partial charge in [-0.25, -0.2) is 0 Å². The number of aryl methyl sites for hydroxylation is 1. The van der Waals surface area contributed by atoms with E-state index in [2.05, 4.69) is 6.92 Å². The van der Waals surface area contributed by atoms with Gasteiger partial charge in [-0.05, 0) is 24.5 Å². The number of hydrogen-bond acceptors (Lipinski definition) is 2. The molecule has 0 atom stereocenters. The van der Waals surface area contributed by atoms with Gasteiger partial charge in [-0.1, -0.05) is 82.9 Å². The van der Waals surface area contributed by atoms with Crippen LogP contribution in [0.2, 0.25) is 0 Å². The largest absolute Gasteiger partial charge is 1.00 e. The summed E-state index contributed by atoms with van der Waals surface area (Å²) in [5, 5.41) is 0. The Kier molecular flexibility index (Phi) is 14.5. The van der Waals surface area contributed by atoms with Crippen molar-refractivity contribution in [3.63, 3.8) is 0 Å². The molecule has 0 aliphatic rings. The van der Waals surface area contributed by atoms with Crippen molar-refractivity contribution >= 4 is 10.1 Å².